The van der Waals surface area contributed by atoms with Gasteiger partial charge in [0, 0.05) is 21.8 Å². The zero-order chi connectivity index (χ0) is 22.1. The first kappa shape index (κ1) is 21.3. The van der Waals surface area contributed by atoms with Gasteiger partial charge in [0.05, 0.1) is 5.02 Å². The summed E-state index contributed by atoms with van der Waals surface area (Å²) in [6, 6.07) is 16.2. The standard InChI is InChI=1S/C23H17Cl2N3O2S/c1-12-7-13(2)9-15(8-12)21(29)28-23(31)26-17-5-3-14(4-6-17)22-27-19-11-16(24)10-18(25)20(19)30-22/h3-11H,1-2H3,(H2,26,28,29,31). The molecule has 4 rings (SSSR count). The van der Waals surface area contributed by atoms with Crippen molar-refractivity contribution < 1.29 is 9.21 Å². The van der Waals surface area contributed by atoms with Crippen molar-refractivity contribution in [3.8, 4) is 11.5 Å². The number of nitrogens with zero attached hydrogens (tertiary/aromatic N) is 1. The number of hydrogen-bond acceptors (Lipinski definition) is 4. The van der Waals surface area contributed by atoms with Gasteiger partial charge in [0.1, 0.15) is 5.52 Å². The average molecular weight is 470 g/mol. The van der Waals surface area contributed by atoms with Gasteiger partial charge in [-0.3, -0.25) is 10.1 Å². The first-order valence-corrected chi connectivity index (χ1v) is 10.5. The highest BCUT2D eigenvalue weighted by Crippen LogP contribution is 2.32. The fourth-order valence-electron chi connectivity index (χ4n) is 3.22. The van der Waals surface area contributed by atoms with E-state index in [2.05, 4.69) is 15.6 Å². The Labute approximate surface area is 194 Å². The van der Waals surface area contributed by atoms with Crippen molar-refractivity contribution in [1.29, 1.82) is 0 Å². The molecule has 31 heavy (non-hydrogen) atoms. The number of anilines is 1. The topological polar surface area (TPSA) is 67.2 Å². The maximum atomic E-state index is 12.4. The first-order valence-electron chi connectivity index (χ1n) is 9.35. The van der Waals surface area contributed by atoms with Gasteiger partial charge in [-0.15, -0.1) is 0 Å². The second kappa shape index (κ2) is 8.67. The smallest absolute Gasteiger partial charge is 0.257 e. The molecule has 0 aliphatic heterocycles. The number of carbonyl (C=O) groups excluding carboxylic acids is 1. The summed E-state index contributed by atoms with van der Waals surface area (Å²) < 4.78 is 5.78. The van der Waals surface area contributed by atoms with Gasteiger partial charge in [0.15, 0.2) is 10.7 Å². The Hall–Kier alpha value is -2.93. The molecule has 156 valence electrons. The molecule has 1 amide bonds. The number of amides is 1. The summed E-state index contributed by atoms with van der Waals surface area (Å²) in [7, 11) is 0. The Kier molecular flexibility index (Phi) is 5.96. The Balaban J connectivity index is 1.45. The minimum atomic E-state index is -0.261. The van der Waals surface area contributed by atoms with Crippen molar-refractivity contribution in [2.45, 2.75) is 13.8 Å². The van der Waals surface area contributed by atoms with Crippen LogP contribution in [-0.2, 0) is 0 Å². The summed E-state index contributed by atoms with van der Waals surface area (Å²) in [6.07, 6.45) is 0. The van der Waals surface area contributed by atoms with E-state index in [1.54, 1.807) is 12.1 Å². The van der Waals surface area contributed by atoms with Gasteiger partial charge in [-0.2, -0.15) is 0 Å². The number of oxazole rings is 1. The number of fused-ring (bicyclic) bond motifs is 1. The highest BCUT2D eigenvalue weighted by atomic mass is 35.5. The fourth-order valence-corrected chi connectivity index (χ4v) is 3.95. The maximum Gasteiger partial charge on any atom is 0.257 e. The van der Waals surface area contributed by atoms with Crippen molar-refractivity contribution in [2.75, 3.05) is 5.32 Å². The lowest BCUT2D eigenvalue weighted by molar-refractivity contribution is 0.0977. The van der Waals surface area contributed by atoms with E-state index in [0.29, 0.717) is 38.3 Å². The van der Waals surface area contributed by atoms with E-state index >= 15 is 0 Å². The number of hydrogen-bond donors (Lipinski definition) is 2. The number of thiocarbonyl (C=S) groups is 1. The van der Waals surface area contributed by atoms with Gasteiger partial charge in [-0.25, -0.2) is 4.98 Å². The number of aromatic nitrogens is 1. The third-order valence-electron chi connectivity index (χ3n) is 4.51. The summed E-state index contributed by atoms with van der Waals surface area (Å²) in [4.78, 5) is 16.9. The zero-order valence-electron chi connectivity index (χ0n) is 16.6. The number of aryl methyl sites for hydroxylation is 2. The molecule has 0 radical (unpaired) electrons. The fraction of sp³-hybridized carbons (Fsp3) is 0.0870. The maximum absolute atomic E-state index is 12.4. The Morgan fingerprint density at radius 3 is 2.35 bits per heavy atom. The van der Waals surface area contributed by atoms with Crippen molar-refractivity contribution >= 4 is 63.2 Å². The average Bonchev–Trinajstić information content (AvgIpc) is 3.12. The van der Waals surface area contributed by atoms with Crippen LogP contribution in [0.3, 0.4) is 0 Å². The van der Waals surface area contributed by atoms with Crippen LogP contribution >= 0.6 is 35.4 Å². The molecule has 8 heteroatoms. The molecule has 5 nitrogen and oxygen atoms in total. The van der Waals surface area contributed by atoms with Crippen LogP contribution in [0.15, 0.2) is 59.0 Å². The first-order chi connectivity index (χ1) is 14.8. The van der Waals surface area contributed by atoms with Gasteiger partial charge in [0.25, 0.3) is 5.91 Å². The lowest BCUT2D eigenvalue weighted by atomic mass is 10.1. The largest absolute Gasteiger partial charge is 0.435 e. The Morgan fingerprint density at radius 2 is 1.68 bits per heavy atom. The Morgan fingerprint density at radius 1 is 1.00 bits per heavy atom. The normalized spacial score (nSPS) is 10.8. The second-order valence-corrected chi connectivity index (χ2v) is 8.37. The molecular weight excluding hydrogens is 453 g/mol. The highest BCUT2D eigenvalue weighted by molar-refractivity contribution is 7.80. The summed E-state index contributed by atoms with van der Waals surface area (Å²) in [5, 5.41) is 6.81. The predicted octanol–water partition coefficient (Wildman–Crippen LogP) is 6.55. The molecule has 1 heterocycles. The molecule has 0 fully saturated rings. The van der Waals surface area contributed by atoms with Gasteiger partial charge >= 0.3 is 0 Å². The minimum Gasteiger partial charge on any atom is -0.435 e. The van der Waals surface area contributed by atoms with Crippen LogP contribution in [-0.4, -0.2) is 16.0 Å². The summed E-state index contributed by atoms with van der Waals surface area (Å²) in [5.74, 6) is 0.166. The number of carbonyl (C=O) groups is 1. The van der Waals surface area contributed by atoms with Crippen molar-refractivity contribution in [1.82, 2.24) is 10.3 Å². The van der Waals surface area contributed by atoms with Crippen LogP contribution in [0.25, 0.3) is 22.6 Å². The van der Waals surface area contributed by atoms with Gasteiger partial charge in [-0.1, -0.05) is 40.4 Å². The lowest BCUT2D eigenvalue weighted by Gasteiger charge is -2.10. The van der Waals surface area contributed by atoms with E-state index in [1.807, 2.05) is 56.3 Å². The third-order valence-corrected chi connectivity index (χ3v) is 5.21. The van der Waals surface area contributed by atoms with E-state index < -0.39 is 0 Å². The SMILES string of the molecule is Cc1cc(C)cc(C(=O)NC(=S)Nc2ccc(-c3nc4cc(Cl)cc(Cl)c4o3)cc2)c1. The second-order valence-electron chi connectivity index (χ2n) is 7.12. The van der Waals surface area contributed by atoms with Crippen molar-refractivity contribution in [2.24, 2.45) is 0 Å². The number of halogens is 2. The molecule has 1 aromatic heterocycles. The van der Waals surface area contributed by atoms with Gasteiger partial charge < -0.3 is 9.73 Å². The van der Waals surface area contributed by atoms with E-state index in [1.165, 1.54) is 0 Å². The summed E-state index contributed by atoms with van der Waals surface area (Å²) in [5.41, 5.74) is 5.14. The lowest BCUT2D eigenvalue weighted by Crippen LogP contribution is -2.34. The van der Waals surface area contributed by atoms with Crippen LogP contribution in [0.4, 0.5) is 5.69 Å². The Bertz CT molecular complexity index is 1300. The van der Waals surface area contributed by atoms with Gasteiger partial charge in [-0.05, 0) is 74.6 Å². The molecule has 0 spiro atoms. The molecule has 3 aromatic carbocycles. The monoisotopic (exact) mass is 469 g/mol. The predicted molar refractivity (Wildman–Crippen MR) is 129 cm³/mol. The summed E-state index contributed by atoms with van der Waals surface area (Å²) >= 11 is 17.5. The van der Waals surface area contributed by atoms with Gasteiger partial charge in [0.2, 0.25) is 5.89 Å². The van der Waals surface area contributed by atoms with E-state index in [0.717, 1.165) is 16.7 Å². The molecule has 0 atom stereocenters. The molecule has 4 aromatic rings. The molecule has 2 N–H and O–H groups in total. The van der Waals surface area contributed by atoms with Crippen LogP contribution in [0.1, 0.15) is 21.5 Å². The van der Waals surface area contributed by atoms with Crippen LogP contribution < -0.4 is 10.6 Å². The molecular formula is C23H17Cl2N3O2S. The number of benzene rings is 3. The molecule has 0 saturated heterocycles. The van der Waals surface area contributed by atoms with Crippen LogP contribution in [0.5, 0.6) is 0 Å². The van der Waals surface area contributed by atoms with Crippen molar-refractivity contribution in [3.63, 3.8) is 0 Å². The molecule has 0 aliphatic rings. The molecule has 0 saturated carbocycles. The van der Waals surface area contributed by atoms with E-state index in [4.69, 9.17) is 39.8 Å². The van der Waals surface area contributed by atoms with Crippen LogP contribution in [0.2, 0.25) is 10.0 Å². The molecule has 0 aliphatic carbocycles. The zero-order valence-corrected chi connectivity index (χ0v) is 19.0. The van der Waals surface area contributed by atoms with Crippen LogP contribution in [0, 0.1) is 13.8 Å². The third kappa shape index (κ3) is 4.88. The van der Waals surface area contributed by atoms with Crippen molar-refractivity contribution in [3.05, 3.63) is 81.3 Å². The quantitative estimate of drug-likeness (QED) is 0.333. The van der Waals surface area contributed by atoms with E-state index in [-0.39, 0.29) is 11.0 Å². The summed E-state index contributed by atoms with van der Waals surface area (Å²) in [6.45, 7) is 3.89. The van der Waals surface area contributed by atoms with E-state index in [9.17, 15) is 4.79 Å². The molecule has 0 unspecified atom stereocenters. The number of rotatable bonds is 3. The number of nitrogens with one attached hydrogen (secondary N) is 2. The highest BCUT2D eigenvalue weighted by Gasteiger charge is 2.13. The minimum absolute atomic E-state index is 0.209. The molecule has 0 bridgehead atoms.